The van der Waals surface area contributed by atoms with Crippen LogP contribution in [0.3, 0.4) is 0 Å². The third kappa shape index (κ3) is 8.18. The average Bonchev–Trinajstić information content (AvgIpc) is 3.18. The molecule has 3 rings (SSSR count). The largest absolute Gasteiger partial charge is 0.463 e. The Labute approximate surface area is 220 Å². The van der Waals surface area contributed by atoms with E-state index in [1.165, 1.54) is 0 Å². The zero-order valence-electron chi connectivity index (χ0n) is 20.9. The molecule has 0 bridgehead atoms. The Morgan fingerprint density at radius 1 is 1.03 bits per heavy atom. The summed E-state index contributed by atoms with van der Waals surface area (Å²) in [6.07, 6.45) is 3.34. The number of hydrogen-bond donors (Lipinski definition) is 4. The fourth-order valence-electron chi connectivity index (χ4n) is 3.86. The van der Waals surface area contributed by atoms with Crippen LogP contribution in [0.2, 0.25) is 0 Å². The number of benzene rings is 1. The van der Waals surface area contributed by atoms with Crippen molar-refractivity contribution >= 4 is 35.6 Å². The number of pyridine rings is 1. The molecule has 0 amide bonds. The van der Waals surface area contributed by atoms with E-state index < -0.39 is 42.6 Å². The van der Waals surface area contributed by atoms with Crippen LogP contribution in [0.1, 0.15) is 24.0 Å². The highest BCUT2D eigenvalue weighted by atomic mass is 16.6. The van der Waals surface area contributed by atoms with Crippen LogP contribution in [0.5, 0.6) is 0 Å². The minimum atomic E-state index is -1.91. The molecule has 38 heavy (non-hydrogen) atoms. The van der Waals surface area contributed by atoms with Crippen molar-refractivity contribution in [3.8, 4) is 0 Å². The van der Waals surface area contributed by atoms with E-state index in [2.05, 4.69) is 4.74 Å². The van der Waals surface area contributed by atoms with Crippen LogP contribution in [0.15, 0.2) is 48.8 Å². The summed E-state index contributed by atoms with van der Waals surface area (Å²) in [5.41, 5.74) is 2.93. The number of carbonyl (C=O) groups is 3. The van der Waals surface area contributed by atoms with Gasteiger partial charge in [-0.25, -0.2) is 9.36 Å². The Kier molecular flexibility index (Phi) is 10.9. The van der Waals surface area contributed by atoms with Gasteiger partial charge >= 0.3 is 11.9 Å². The number of carbonyl (C=O) groups excluding carboxylic acids is 3. The molecule has 0 saturated carbocycles. The van der Waals surface area contributed by atoms with Gasteiger partial charge in [0.2, 0.25) is 11.9 Å². The number of hydrogen-bond acceptors (Lipinski definition) is 10. The van der Waals surface area contributed by atoms with Crippen LogP contribution >= 0.6 is 0 Å². The summed E-state index contributed by atoms with van der Waals surface area (Å²) in [6.45, 7) is 0.982. The van der Waals surface area contributed by atoms with Crippen molar-refractivity contribution in [2.24, 2.45) is 0 Å². The maximum absolute atomic E-state index is 11.9. The van der Waals surface area contributed by atoms with Crippen LogP contribution in [0.25, 0.3) is 12.2 Å². The Morgan fingerprint density at radius 2 is 1.63 bits per heavy atom. The van der Waals surface area contributed by atoms with Gasteiger partial charge in [0.1, 0.15) is 19.3 Å². The van der Waals surface area contributed by atoms with Crippen molar-refractivity contribution in [3.63, 3.8) is 0 Å². The fourth-order valence-corrected chi connectivity index (χ4v) is 3.86. The lowest BCUT2D eigenvalue weighted by atomic mass is 10.1. The van der Waals surface area contributed by atoms with Crippen molar-refractivity contribution in [3.05, 3.63) is 59.9 Å². The molecule has 3 unspecified atom stereocenters. The molecule has 0 radical (unpaired) electrons. The molecular weight excluding hydrogens is 496 g/mol. The lowest BCUT2D eigenvalue weighted by Gasteiger charge is -2.22. The Morgan fingerprint density at radius 3 is 2.18 bits per heavy atom. The molecule has 2 aromatic rings. The summed E-state index contributed by atoms with van der Waals surface area (Å²) in [5.74, 6) is -2.64. The lowest BCUT2D eigenvalue weighted by molar-refractivity contribution is -0.697. The Hall–Kier alpha value is -3.64. The van der Waals surface area contributed by atoms with E-state index in [9.17, 15) is 34.8 Å². The standard InChI is InChI=1S/C27H33N2O9/c30-16-14-29(15-17-31)21-7-5-19(6-8-21)3-4-20-9-12-28(13-10-20)11-1-2-23(33)37-18-22(32)26-24(34)25(35)27(36)38-26/h3-10,12-13,22,25-26,30-32,35H,1-2,11,14-18H2/q+1. The molecule has 0 spiro atoms. The first-order valence-electron chi connectivity index (χ1n) is 12.3. The van der Waals surface area contributed by atoms with E-state index >= 15 is 0 Å². The molecule has 1 fully saturated rings. The molecule has 11 heteroatoms. The summed E-state index contributed by atoms with van der Waals surface area (Å²) < 4.78 is 11.5. The van der Waals surface area contributed by atoms with Crippen molar-refractivity contribution in [2.75, 3.05) is 37.8 Å². The fraction of sp³-hybridized carbons (Fsp3) is 0.407. The highest BCUT2D eigenvalue weighted by Gasteiger charge is 2.46. The SMILES string of the molecule is O=C(CCC[n+]1ccc(C=Cc2ccc(N(CCO)CCO)cc2)cc1)OCC(O)C1OC(=O)C(O)C1=O. The van der Waals surface area contributed by atoms with Crippen LogP contribution < -0.4 is 9.47 Å². The average molecular weight is 530 g/mol. The first kappa shape index (κ1) is 28.9. The molecule has 204 valence electrons. The first-order chi connectivity index (χ1) is 18.3. The summed E-state index contributed by atoms with van der Waals surface area (Å²) in [7, 11) is 0. The number of Topliss-reactive ketones (excluding diaryl/α,β-unsaturated/α-hetero) is 1. The van der Waals surface area contributed by atoms with Crippen molar-refractivity contribution < 1.29 is 48.9 Å². The molecule has 3 atom stereocenters. The van der Waals surface area contributed by atoms with Crippen molar-refractivity contribution in [1.82, 2.24) is 0 Å². The maximum atomic E-state index is 11.9. The van der Waals surface area contributed by atoms with Crippen molar-refractivity contribution in [2.45, 2.75) is 37.7 Å². The third-order valence-electron chi connectivity index (χ3n) is 5.96. The highest BCUT2D eigenvalue weighted by Crippen LogP contribution is 2.17. The number of aryl methyl sites for hydroxylation is 1. The third-order valence-corrected chi connectivity index (χ3v) is 5.96. The minimum absolute atomic E-state index is 0.0137. The number of anilines is 1. The quantitative estimate of drug-likeness (QED) is 0.143. The molecule has 1 saturated heterocycles. The Balaban J connectivity index is 1.40. The molecule has 0 aliphatic carbocycles. The molecule has 4 N–H and O–H groups in total. The van der Waals surface area contributed by atoms with Gasteiger partial charge in [0.05, 0.1) is 19.6 Å². The van der Waals surface area contributed by atoms with E-state index in [0.29, 0.717) is 26.1 Å². The van der Waals surface area contributed by atoms with Gasteiger partial charge in [0.25, 0.3) is 0 Å². The van der Waals surface area contributed by atoms with Gasteiger partial charge in [-0.1, -0.05) is 24.3 Å². The van der Waals surface area contributed by atoms with Gasteiger partial charge < -0.3 is 34.8 Å². The smallest absolute Gasteiger partial charge is 0.343 e. The van der Waals surface area contributed by atoms with Crippen LogP contribution in [-0.2, 0) is 30.4 Å². The summed E-state index contributed by atoms with van der Waals surface area (Å²) in [5, 5.41) is 37.6. The normalized spacial score (nSPS) is 18.0. The predicted octanol–water partition coefficient (Wildman–Crippen LogP) is -0.525. The number of nitrogens with zero attached hydrogens (tertiary/aromatic N) is 2. The molecule has 2 heterocycles. The van der Waals surface area contributed by atoms with Gasteiger partial charge in [-0.05, 0) is 23.3 Å². The van der Waals surface area contributed by atoms with Crippen LogP contribution in [0.4, 0.5) is 5.69 Å². The van der Waals surface area contributed by atoms with Crippen molar-refractivity contribution in [1.29, 1.82) is 0 Å². The molecule has 1 aliphatic heterocycles. The van der Waals surface area contributed by atoms with Crippen LogP contribution in [0, 0.1) is 0 Å². The minimum Gasteiger partial charge on any atom is -0.463 e. The van der Waals surface area contributed by atoms with Gasteiger partial charge in [0, 0.05) is 37.3 Å². The number of ether oxygens (including phenoxy) is 2. The van der Waals surface area contributed by atoms with Gasteiger partial charge in [0.15, 0.2) is 18.5 Å². The molecule has 11 nitrogen and oxygen atoms in total. The number of rotatable bonds is 14. The molecule has 1 aromatic carbocycles. The highest BCUT2D eigenvalue weighted by molar-refractivity contribution is 6.09. The topological polar surface area (TPSA) is 158 Å². The van der Waals surface area contributed by atoms with E-state index in [4.69, 9.17) is 4.74 Å². The molecule has 1 aromatic heterocycles. The number of aliphatic hydroxyl groups is 4. The number of cyclic esters (lactones) is 1. The summed E-state index contributed by atoms with van der Waals surface area (Å²) in [6, 6.07) is 11.7. The number of esters is 2. The second kappa shape index (κ2) is 14.3. The maximum Gasteiger partial charge on any atom is 0.343 e. The second-order valence-corrected chi connectivity index (χ2v) is 8.74. The van der Waals surface area contributed by atoms with Crippen LogP contribution in [-0.4, -0.2) is 89.4 Å². The zero-order chi connectivity index (χ0) is 27.5. The van der Waals surface area contributed by atoms with E-state index in [0.717, 1.165) is 16.8 Å². The summed E-state index contributed by atoms with van der Waals surface area (Å²) >= 11 is 0. The lowest BCUT2D eigenvalue weighted by Crippen LogP contribution is -2.38. The van der Waals surface area contributed by atoms with E-state index in [1.54, 1.807) is 0 Å². The summed E-state index contributed by atoms with van der Waals surface area (Å²) in [4.78, 5) is 36.6. The number of aliphatic hydroxyl groups excluding tert-OH is 4. The van der Waals surface area contributed by atoms with Gasteiger partial charge in [-0.15, -0.1) is 0 Å². The van der Waals surface area contributed by atoms with E-state index in [1.807, 2.05) is 70.4 Å². The second-order valence-electron chi connectivity index (χ2n) is 8.74. The predicted molar refractivity (Wildman–Crippen MR) is 135 cm³/mol. The number of aromatic nitrogens is 1. The first-order valence-corrected chi connectivity index (χ1v) is 12.3. The van der Waals surface area contributed by atoms with Gasteiger partial charge in [-0.2, -0.15) is 0 Å². The van der Waals surface area contributed by atoms with E-state index in [-0.39, 0.29) is 19.6 Å². The Bertz CT molecular complexity index is 1100. The zero-order valence-corrected chi connectivity index (χ0v) is 20.9. The monoisotopic (exact) mass is 529 g/mol. The molecule has 1 aliphatic rings. The molecular formula is C27H33N2O9+. The number of ketones is 1. The van der Waals surface area contributed by atoms with Gasteiger partial charge in [-0.3, -0.25) is 9.59 Å².